The molecule has 0 atom stereocenters. The van der Waals surface area contributed by atoms with E-state index in [1.165, 1.54) is 16.8 Å². The Morgan fingerprint density at radius 2 is 2.10 bits per heavy atom. The van der Waals surface area contributed by atoms with Gasteiger partial charge in [0.2, 0.25) is 5.91 Å². The average molecular weight is 291 g/mol. The Balaban J connectivity index is 2.20. The molecule has 2 rings (SSSR count). The Morgan fingerprint density at radius 1 is 1.38 bits per heavy atom. The van der Waals surface area contributed by atoms with Crippen LogP contribution in [-0.2, 0) is 11.3 Å². The van der Waals surface area contributed by atoms with Crippen LogP contribution < -0.4 is 5.32 Å². The number of hydrogen-bond donors (Lipinski definition) is 2. The summed E-state index contributed by atoms with van der Waals surface area (Å²) in [6.45, 7) is 3.47. The largest absolute Gasteiger partial charge is 0.478 e. The molecule has 0 bridgehead atoms. The van der Waals surface area contributed by atoms with Crippen LogP contribution >= 0.6 is 0 Å². The van der Waals surface area contributed by atoms with Crippen LogP contribution in [-0.4, -0.2) is 26.8 Å². The number of carboxylic acids is 1. The summed E-state index contributed by atoms with van der Waals surface area (Å²) in [7, 11) is 0. The molecule has 0 spiro atoms. The molecule has 1 heterocycles. The maximum Gasteiger partial charge on any atom is 0.337 e. The highest BCUT2D eigenvalue weighted by Gasteiger charge is 2.17. The van der Waals surface area contributed by atoms with E-state index in [1.807, 2.05) is 0 Å². The van der Waals surface area contributed by atoms with Gasteiger partial charge in [0.05, 0.1) is 16.9 Å². The van der Waals surface area contributed by atoms with Crippen LogP contribution in [0.2, 0.25) is 0 Å². The summed E-state index contributed by atoms with van der Waals surface area (Å²) in [6, 6.07) is 5.39. The summed E-state index contributed by atoms with van der Waals surface area (Å²) < 4.78 is 15.2. The zero-order valence-electron chi connectivity index (χ0n) is 11.6. The number of aromatic carboxylic acids is 1. The fourth-order valence-electron chi connectivity index (χ4n) is 1.98. The SMILES string of the molecule is Cc1cc(C)n(CC(=O)Nc2c(F)cccc2C(=O)O)n1. The van der Waals surface area contributed by atoms with E-state index in [-0.39, 0.29) is 17.8 Å². The topological polar surface area (TPSA) is 84.2 Å². The number of nitrogens with zero attached hydrogens (tertiary/aromatic N) is 2. The lowest BCUT2D eigenvalue weighted by Crippen LogP contribution is -2.22. The Kier molecular flexibility index (Phi) is 4.02. The molecule has 7 heteroatoms. The Bertz CT molecular complexity index is 709. The average Bonchev–Trinajstić information content (AvgIpc) is 2.70. The van der Waals surface area contributed by atoms with Crippen molar-refractivity contribution in [1.29, 1.82) is 0 Å². The van der Waals surface area contributed by atoms with Gasteiger partial charge in [0.15, 0.2) is 0 Å². The number of anilines is 1. The molecule has 110 valence electrons. The number of para-hydroxylation sites is 1. The van der Waals surface area contributed by atoms with Crippen molar-refractivity contribution in [3.05, 3.63) is 47.0 Å². The second-order valence-corrected chi connectivity index (χ2v) is 4.60. The van der Waals surface area contributed by atoms with Crippen LogP contribution in [0, 0.1) is 19.7 Å². The lowest BCUT2D eigenvalue weighted by atomic mass is 10.1. The summed E-state index contributed by atoms with van der Waals surface area (Å²) in [5.74, 6) is -2.65. The molecule has 0 aliphatic rings. The van der Waals surface area contributed by atoms with Crippen molar-refractivity contribution < 1.29 is 19.1 Å². The van der Waals surface area contributed by atoms with E-state index in [9.17, 15) is 14.0 Å². The fraction of sp³-hybridized carbons (Fsp3) is 0.214. The van der Waals surface area contributed by atoms with E-state index in [4.69, 9.17) is 5.11 Å². The van der Waals surface area contributed by atoms with E-state index in [1.54, 1.807) is 19.9 Å². The Morgan fingerprint density at radius 3 is 2.67 bits per heavy atom. The maximum absolute atomic E-state index is 13.7. The third-order valence-electron chi connectivity index (χ3n) is 2.91. The summed E-state index contributed by atoms with van der Waals surface area (Å²) in [5, 5.41) is 15.4. The lowest BCUT2D eigenvalue weighted by Gasteiger charge is -2.10. The molecule has 21 heavy (non-hydrogen) atoms. The van der Waals surface area contributed by atoms with Gasteiger partial charge in [-0.3, -0.25) is 9.48 Å². The smallest absolute Gasteiger partial charge is 0.337 e. The molecule has 1 aromatic carbocycles. The van der Waals surface area contributed by atoms with E-state index in [0.717, 1.165) is 17.5 Å². The van der Waals surface area contributed by atoms with Crippen LogP contribution in [0.1, 0.15) is 21.7 Å². The fourth-order valence-corrected chi connectivity index (χ4v) is 1.98. The van der Waals surface area contributed by atoms with Crippen LogP contribution in [0.25, 0.3) is 0 Å². The highest BCUT2D eigenvalue weighted by Crippen LogP contribution is 2.20. The van der Waals surface area contributed by atoms with E-state index in [0.29, 0.717) is 0 Å². The second-order valence-electron chi connectivity index (χ2n) is 4.60. The van der Waals surface area contributed by atoms with Crippen LogP contribution in [0.15, 0.2) is 24.3 Å². The number of benzene rings is 1. The predicted molar refractivity (Wildman–Crippen MR) is 73.7 cm³/mol. The van der Waals surface area contributed by atoms with E-state index < -0.39 is 17.7 Å². The first-order valence-electron chi connectivity index (χ1n) is 6.21. The minimum atomic E-state index is -1.31. The van der Waals surface area contributed by atoms with Gasteiger partial charge in [-0.25, -0.2) is 9.18 Å². The van der Waals surface area contributed by atoms with Crippen molar-refractivity contribution in [2.75, 3.05) is 5.32 Å². The van der Waals surface area contributed by atoms with Gasteiger partial charge in [-0.15, -0.1) is 0 Å². The minimum Gasteiger partial charge on any atom is -0.478 e. The zero-order valence-corrected chi connectivity index (χ0v) is 11.6. The standard InChI is InChI=1S/C14H14FN3O3/c1-8-6-9(2)18(17-8)7-12(19)16-13-10(14(20)21)4-3-5-11(13)15/h3-6H,7H2,1-2H3,(H,16,19)(H,20,21). The first kappa shape index (κ1) is 14.7. The quantitative estimate of drug-likeness (QED) is 0.902. The number of halogens is 1. The first-order chi connectivity index (χ1) is 9.88. The molecular weight excluding hydrogens is 277 g/mol. The molecule has 0 saturated heterocycles. The first-order valence-corrected chi connectivity index (χ1v) is 6.21. The molecule has 2 N–H and O–H groups in total. The molecular formula is C14H14FN3O3. The molecule has 1 aromatic heterocycles. The molecule has 0 unspecified atom stereocenters. The number of aromatic nitrogens is 2. The molecule has 0 fully saturated rings. The molecule has 0 radical (unpaired) electrons. The summed E-state index contributed by atoms with van der Waals surface area (Å²) in [6.07, 6.45) is 0. The Hall–Kier alpha value is -2.70. The number of nitrogens with one attached hydrogen (secondary N) is 1. The highest BCUT2D eigenvalue weighted by molar-refractivity contribution is 6.00. The molecule has 1 amide bonds. The van der Waals surface area contributed by atoms with Crippen LogP contribution in [0.4, 0.5) is 10.1 Å². The van der Waals surface area contributed by atoms with Crippen molar-refractivity contribution in [1.82, 2.24) is 9.78 Å². The molecule has 2 aromatic rings. The number of carbonyl (C=O) groups excluding carboxylic acids is 1. The number of rotatable bonds is 4. The molecule has 6 nitrogen and oxygen atoms in total. The van der Waals surface area contributed by atoms with Crippen molar-refractivity contribution in [2.45, 2.75) is 20.4 Å². The summed E-state index contributed by atoms with van der Waals surface area (Å²) in [5.41, 5.74) is 0.917. The summed E-state index contributed by atoms with van der Waals surface area (Å²) in [4.78, 5) is 23.0. The van der Waals surface area contributed by atoms with Crippen molar-refractivity contribution in [2.24, 2.45) is 0 Å². The van der Waals surface area contributed by atoms with Gasteiger partial charge in [-0.1, -0.05) is 6.07 Å². The van der Waals surface area contributed by atoms with Gasteiger partial charge in [-0.2, -0.15) is 5.10 Å². The lowest BCUT2D eigenvalue weighted by molar-refractivity contribution is -0.117. The number of hydrogen-bond acceptors (Lipinski definition) is 3. The van der Waals surface area contributed by atoms with Gasteiger partial charge in [-0.05, 0) is 32.0 Å². The zero-order chi connectivity index (χ0) is 15.6. The monoisotopic (exact) mass is 291 g/mol. The number of amides is 1. The van der Waals surface area contributed by atoms with Crippen molar-refractivity contribution in [3.8, 4) is 0 Å². The van der Waals surface area contributed by atoms with E-state index in [2.05, 4.69) is 10.4 Å². The number of carbonyl (C=O) groups is 2. The second kappa shape index (κ2) is 5.74. The van der Waals surface area contributed by atoms with Gasteiger partial charge < -0.3 is 10.4 Å². The highest BCUT2D eigenvalue weighted by atomic mass is 19.1. The predicted octanol–water partition coefficient (Wildman–Crippen LogP) is 1.98. The van der Waals surface area contributed by atoms with Crippen molar-refractivity contribution in [3.63, 3.8) is 0 Å². The number of carboxylic acid groups (broad SMARTS) is 1. The van der Waals surface area contributed by atoms with Gasteiger partial charge in [0.1, 0.15) is 12.4 Å². The van der Waals surface area contributed by atoms with Gasteiger partial charge in [0.25, 0.3) is 0 Å². The van der Waals surface area contributed by atoms with Gasteiger partial charge >= 0.3 is 5.97 Å². The van der Waals surface area contributed by atoms with Crippen LogP contribution in [0.3, 0.4) is 0 Å². The number of aryl methyl sites for hydroxylation is 2. The van der Waals surface area contributed by atoms with Gasteiger partial charge in [0, 0.05) is 5.69 Å². The molecule has 0 aliphatic heterocycles. The third-order valence-corrected chi connectivity index (χ3v) is 2.91. The molecule has 0 saturated carbocycles. The van der Waals surface area contributed by atoms with Crippen molar-refractivity contribution >= 4 is 17.6 Å². The van der Waals surface area contributed by atoms with Crippen LogP contribution in [0.5, 0.6) is 0 Å². The third kappa shape index (κ3) is 3.25. The summed E-state index contributed by atoms with van der Waals surface area (Å²) >= 11 is 0. The maximum atomic E-state index is 13.7. The molecule has 0 aliphatic carbocycles. The normalized spacial score (nSPS) is 10.4. The minimum absolute atomic E-state index is 0.118. The van der Waals surface area contributed by atoms with E-state index >= 15 is 0 Å². The Labute approximate surface area is 120 Å².